The second-order valence-corrected chi connectivity index (χ2v) is 4.85. The molecule has 0 amide bonds. The van der Waals surface area contributed by atoms with Gasteiger partial charge in [-0.2, -0.15) is 0 Å². The van der Waals surface area contributed by atoms with Crippen LogP contribution in [0.4, 0.5) is 0 Å². The summed E-state index contributed by atoms with van der Waals surface area (Å²) in [5, 5.41) is 3.16. The molecular weight excluding hydrogens is 202 g/mol. The third-order valence-corrected chi connectivity index (χ3v) is 3.18. The zero-order valence-electron chi connectivity index (χ0n) is 9.53. The summed E-state index contributed by atoms with van der Waals surface area (Å²) in [7, 11) is 0. The SMILES string of the molecule is CC(C)c1cnc2cc(C3CC3)[nH]n2c1=O. The van der Waals surface area contributed by atoms with Gasteiger partial charge in [0.25, 0.3) is 5.56 Å². The highest BCUT2D eigenvalue weighted by Crippen LogP contribution is 2.39. The molecule has 4 heteroatoms. The third kappa shape index (κ3) is 1.37. The standard InChI is InChI=1S/C12H15N3O/c1-7(2)9-6-13-11-5-10(8-3-4-8)14-15(11)12(9)16/h5-8,14H,3-4H2,1-2H3. The Labute approximate surface area is 93.3 Å². The molecule has 16 heavy (non-hydrogen) atoms. The minimum absolute atomic E-state index is 0.0342. The molecule has 1 aliphatic rings. The minimum Gasteiger partial charge on any atom is -0.293 e. The van der Waals surface area contributed by atoms with Crippen LogP contribution in [0.1, 0.15) is 49.8 Å². The van der Waals surface area contributed by atoms with E-state index in [0.29, 0.717) is 5.92 Å². The van der Waals surface area contributed by atoms with Crippen molar-refractivity contribution in [2.75, 3.05) is 0 Å². The average molecular weight is 217 g/mol. The van der Waals surface area contributed by atoms with Gasteiger partial charge < -0.3 is 0 Å². The number of hydrogen-bond donors (Lipinski definition) is 1. The fraction of sp³-hybridized carbons (Fsp3) is 0.500. The van der Waals surface area contributed by atoms with Crippen molar-refractivity contribution < 1.29 is 0 Å². The van der Waals surface area contributed by atoms with Gasteiger partial charge in [-0.05, 0) is 18.8 Å². The molecule has 0 saturated heterocycles. The van der Waals surface area contributed by atoms with Crippen LogP contribution in [0.3, 0.4) is 0 Å². The van der Waals surface area contributed by atoms with Gasteiger partial charge in [-0.1, -0.05) is 13.8 Å². The summed E-state index contributed by atoms with van der Waals surface area (Å²) in [6.45, 7) is 4.02. The van der Waals surface area contributed by atoms with Crippen LogP contribution in [0.25, 0.3) is 5.65 Å². The van der Waals surface area contributed by atoms with Crippen LogP contribution in [0.2, 0.25) is 0 Å². The van der Waals surface area contributed by atoms with E-state index in [1.54, 1.807) is 10.7 Å². The van der Waals surface area contributed by atoms with Gasteiger partial charge in [-0.3, -0.25) is 9.89 Å². The maximum atomic E-state index is 12.1. The van der Waals surface area contributed by atoms with E-state index < -0.39 is 0 Å². The molecule has 1 saturated carbocycles. The first kappa shape index (κ1) is 9.63. The summed E-state index contributed by atoms with van der Waals surface area (Å²) in [6.07, 6.45) is 4.14. The highest BCUT2D eigenvalue weighted by molar-refractivity contribution is 5.41. The van der Waals surface area contributed by atoms with Crippen molar-refractivity contribution in [3.05, 3.63) is 33.9 Å². The van der Waals surface area contributed by atoms with Gasteiger partial charge in [0.15, 0.2) is 5.65 Å². The Morgan fingerprint density at radius 2 is 2.25 bits per heavy atom. The lowest BCUT2D eigenvalue weighted by atomic mass is 10.1. The lowest BCUT2D eigenvalue weighted by molar-refractivity contribution is 0.783. The molecule has 2 aromatic rings. The van der Waals surface area contributed by atoms with Gasteiger partial charge in [0.2, 0.25) is 0 Å². The lowest BCUT2D eigenvalue weighted by Gasteiger charge is -2.03. The molecule has 3 rings (SSSR count). The fourth-order valence-corrected chi connectivity index (χ4v) is 1.99. The Balaban J connectivity index is 2.22. The molecule has 0 radical (unpaired) electrons. The van der Waals surface area contributed by atoms with Crippen molar-refractivity contribution >= 4 is 5.65 Å². The van der Waals surface area contributed by atoms with Crippen LogP contribution in [0, 0.1) is 0 Å². The highest BCUT2D eigenvalue weighted by atomic mass is 16.1. The zero-order valence-corrected chi connectivity index (χ0v) is 9.53. The van der Waals surface area contributed by atoms with Gasteiger partial charge in [0, 0.05) is 29.4 Å². The smallest absolute Gasteiger partial charge is 0.276 e. The summed E-state index contributed by atoms with van der Waals surface area (Å²) in [6, 6.07) is 1.99. The van der Waals surface area contributed by atoms with Crippen molar-refractivity contribution in [3.8, 4) is 0 Å². The largest absolute Gasteiger partial charge is 0.293 e. The van der Waals surface area contributed by atoms with Crippen LogP contribution < -0.4 is 5.56 Å². The van der Waals surface area contributed by atoms with E-state index in [1.807, 2.05) is 19.9 Å². The van der Waals surface area contributed by atoms with Crippen molar-refractivity contribution in [2.24, 2.45) is 0 Å². The highest BCUT2D eigenvalue weighted by Gasteiger charge is 2.26. The van der Waals surface area contributed by atoms with Gasteiger partial charge in [0.05, 0.1) is 0 Å². The van der Waals surface area contributed by atoms with Gasteiger partial charge in [-0.25, -0.2) is 9.50 Å². The van der Waals surface area contributed by atoms with Crippen LogP contribution in [0.5, 0.6) is 0 Å². The Morgan fingerprint density at radius 1 is 1.50 bits per heavy atom. The predicted molar refractivity (Wildman–Crippen MR) is 61.9 cm³/mol. The molecule has 2 aromatic heterocycles. The number of aromatic amines is 1. The Bertz CT molecular complexity index is 590. The summed E-state index contributed by atoms with van der Waals surface area (Å²) in [5.74, 6) is 0.827. The molecular formula is C12H15N3O. The predicted octanol–water partition coefficient (Wildman–Crippen LogP) is 2.02. The van der Waals surface area contributed by atoms with E-state index in [9.17, 15) is 4.79 Å². The number of hydrogen-bond acceptors (Lipinski definition) is 2. The van der Waals surface area contributed by atoms with Crippen LogP contribution in [-0.4, -0.2) is 14.6 Å². The van der Waals surface area contributed by atoms with Crippen LogP contribution >= 0.6 is 0 Å². The van der Waals surface area contributed by atoms with Crippen molar-refractivity contribution in [3.63, 3.8) is 0 Å². The topological polar surface area (TPSA) is 50.2 Å². The first-order valence-corrected chi connectivity index (χ1v) is 5.77. The summed E-state index contributed by atoms with van der Waals surface area (Å²) in [5.41, 5.74) is 2.68. The first-order chi connectivity index (χ1) is 7.66. The number of nitrogens with zero attached hydrogens (tertiary/aromatic N) is 2. The zero-order chi connectivity index (χ0) is 11.3. The van der Waals surface area contributed by atoms with Crippen LogP contribution in [-0.2, 0) is 0 Å². The molecule has 0 atom stereocenters. The Kier molecular flexibility index (Phi) is 1.93. The number of fused-ring (bicyclic) bond motifs is 1. The molecule has 0 unspecified atom stereocenters. The van der Waals surface area contributed by atoms with E-state index >= 15 is 0 Å². The molecule has 84 valence electrons. The lowest BCUT2D eigenvalue weighted by Crippen LogP contribution is -2.20. The normalized spacial score (nSPS) is 16.2. The van der Waals surface area contributed by atoms with Gasteiger partial charge in [0.1, 0.15) is 0 Å². The first-order valence-electron chi connectivity index (χ1n) is 5.77. The molecule has 1 N–H and O–H groups in total. The number of aromatic nitrogens is 3. The van der Waals surface area contributed by atoms with Crippen molar-refractivity contribution in [1.82, 2.24) is 14.6 Å². The molecule has 1 aliphatic carbocycles. The molecule has 2 heterocycles. The second kappa shape index (κ2) is 3.20. The molecule has 4 nitrogen and oxygen atoms in total. The van der Waals surface area contributed by atoms with E-state index in [1.165, 1.54) is 12.8 Å². The molecule has 0 aliphatic heterocycles. The van der Waals surface area contributed by atoms with E-state index in [2.05, 4.69) is 10.1 Å². The quantitative estimate of drug-likeness (QED) is 0.836. The second-order valence-electron chi connectivity index (χ2n) is 4.85. The third-order valence-electron chi connectivity index (χ3n) is 3.18. The van der Waals surface area contributed by atoms with E-state index in [0.717, 1.165) is 16.9 Å². The summed E-state index contributed by atoms with van der Waals surface area (Å²) in [4.78, 5) is 16.4. The average Bonchev–Trinajstić information content (AvgIpc) is 2.99. The molecule has 0 aromatic carbocycles. The molecule has 0 bridgehead atoms. The Morgan fingerprint density at radius 3 is 2.88 bits per heavy atom. The maximum Gasteiger partial charge on any atom is 0.276 e. The van der Waals surface area contributed by atoms with Gasteiger partial charge in [-0.15, -0.1) is 0 Å². The van der Waals surface area contributed by atoms with Crippen LogP contribution in [0.15, 0.2) is 17.1 Å². The number of rotatable bonds is 2. The monoisotopic (exact) mass is 217 g/mol. The number of nitrogens with one attached hydrogen (secondary N) is 1. The summed E-state index contributed by atoms with van der Waals surface area (Å²) < 4.78 is 1.57. The summed E-state index contributed by atoms with van der Waals surface area (Å²) >= 11 is 0. The van der Waals surface area contributed by atoms with E-state index in [-0.39, 0.29) is 11.5 Å². The Hall–Kier alpha value is -1.58. The maximum absolute atomic E-state index is 12.1. The minimum atomic E-state index is 0.0342. The van der Waals surface area contributed by atoms with Gasteiger partial charge >= 0.3 is 0 Å². The molecule has 0 spiro atoms. The van der Waals surface area contributed by atoms with E-state index in [4.69, 9.17) is 0 Å². The molecule has 1 fully saturated rings. The van der Waals surface area contributed by atoms with Crippen molar-refractivity contribution in [1.29, 1.82) is 0 Å². The number of H-pyrrole nitrogens is 1. The fourth-order valence-electron chi connectivity index (χ4n) is 1.99. The van der Waals surface area contributed by atoms with Crippen molar-refractivity contribution in [2.45, 2.75) is 38.5 Å².